The quantitative estimate of drug-likeness (QED) is 0.700. The fourth-order valence-electron chi connectivity index (χ4n) is 1.37. The zero-order valence-corrected chi connectivity index (χ0v) is 8.39. The smallest absolute Gasteiger partial charge is 0.304 e. The molecular formula is C8H15NO3S. The van der Waals surface area contributed by atoms with Crippen LogP contribution in [-0.2, 0) is 15.6 Å². The van der Waals surface area contributed by atoms with Gasteiger partial charge >= 0.3 is 5.97 Å². The molecule has 0 aromatic carbocycles. The van der Waals surface area contributed by atoms with Crippen LogP contribution in [0.3, 0.4) is 0 Å². The summed E-state index contributed by atoms with van der Waals surface area (Å²) in [6.45, 7) is 2.26. The summed E-state index contributed by atoms with van der Waals surface area (Å²) in [6.07, 6.45) is 1.11. The van der Waals surface area contributed by atoms with E-state index < -0.39 is 16.8 Å². The fourth-order valence-corrected chi connectivity index (χ4v) is 2.49. The van der Waals surface area contributed by atoms with E-state index in [2.05, 4.69) is 4.90 Å². The summed E-state index contributed by atoms with van der Waals surface area (Å²) >= 11 is 0. The van der Waals surface area contributed by atoms with Gasteiger partial charge in [0.1, 0.15) is 0 Å². The van der Waals surface area contributed by atoms with Gasteiger partial charge < -0.3 is 10.0 Å². The Kier molecular flexibility index (Phi) is 4.38. The Labute approximate surface area is 80.4 Å². The molecule has 0 aliphatic carbocycles. The molecule has 1 aliphatic rings. The molecule has 13 heavy (non-hydrogen) atoms. The van der Waals surface area contributed by atoms with Crippen LogP contribution in [0.25, 0.3) is 0 Å². The normalized spacial score (nSPS) is 25.4. The molecule has 76 valence electrons. The second kappa shape index (κ2) is 5.34. The molecule has 1 saturated heterocycles. The molecule has 0 aromatic rings. The van der Waals surface area contributed by atoms with Crippen molar-refractivity contribution in [2.75, 3.05) is 31.1 Å². The molecule has 4 nitrogen and oxygen atoms in total. The number of rotatable bonds is 3. The van der Waals surface area contributed by atoms with Crippen LogP contribution in [0.4, 0.5) is 0 Å². The molecule has 0 saturated carbocycles. The van der Waals surface area contributed by atoms with E-state index in [0.717, 1.165) is 25.3 Å². The Morgan fingerprint density at radius 3 is 2.85 bits per heavy atom. The van der Waals surface area contributed by atoms with E-state index in [1.807, 2.05) is 0 Å². The number of carboxylic acids is 1. The van der Waals surface area contributed by atoms with E-state index in [-0.39, 0.29) is 6.42 Å². The predicted octanol–water partition coefficient (Wildman–Crippen LogP) is -0.0845. The Bertz CT molecular complexity index is 208. The fraction of sp³-hybridized carbons (Fsp3) is 0.875. The lowest BCUT2D eigenvalue weighted by molar-refractivity contribution is -0.137. The van der Waals surface area contributed by atoms with Gasteiger partial charge in [-0.05, 0) is 13.0 Å². The van der Waals surface area contributed by atoms with Crippen LogP contribution in [0.5, 0.6) is 0 Å². The molecule has 0 aromatic heterocycles. The molecule has 1 aliphatic heterocycles. The Morgan fingerprint density at radius 2 is 2.15 bits per heavy atom. The van der Waals surface area contributed by atoms with Gasteiger partial charge in [-0.3, -0.25) is 9.00 Å². The zero-order valence-electron chi connectivity index (χ0n) is 7.57. The van der Waals surface area contributed by atoms with Gasteiger partial charge in [0.05, 0.1) is 6.42 Å². The zero-order chi connectivity index (χ0) is 9.68. The van der Waals surface area contributed by atoms with Crippen LogP contribution < -0.4 is 0 Å². The van der Waals surface area contributed by atoms with Crippen molar-refractivity contribution in [1.29, 1.82) is 0 Å². The molecule has 0 amide bonds. The summed E-state index contributed by atoms with van der Waals surface area (Å²) in [5, 5.41) is 8.48. The maximum atomic E-state index is 11.1. The maximum Gasteiger partial charge on any atom is 0.304 e. The van der Waals surface area contributed by atoms with Crippen molar-refractivity contribution >= 4 is 16.8 Å². The number of hydrogen-bond donors (Lipinski definition) is 1. The standard InChI is InChI=1S/C8H15NO3S/c10-8(11)2-4-9-3-1-6-13(12)7-5-9/h1-7H2,(H,10,11). The van der Waals surface area contributed by atoms with E-state index in [1.165, 1.54) is 0 Å². The van der Waals surface area contributed by atoms with Crippen molar-refractivity contribution in [1.82, 2.24) is 4.90 Å². The van der Waals surface area contributed by atoms with Crippen molar-refractivity contribution in [2.24, 2.45) is 0 Å². The molecule has 0 radical (unpaired) electrons. The highest BCUT2D eigenvalue weighted by molar-refractivity contribution is 7.85. The molecule has 1 fully saturated rings. The van der Waals surface area contributed by atoms with E-state index in [9.17, 15) is 9.00 Å². The topological polar surface area (TPSA) is 57.6 Å². The highest BCUT2D eigenvalue weighted by atomic mass is 32.2. The van der Waals surface area contributed by atoms with Crippen LogP contribution in [-0.4, -0.2) is 51.3 Å². The molecular weight excluding hydrogens is 190 g/mol. The summed E-state index contributed by atoms with van der Waals surface area (Å²) in [7, 11) is -0.682. The third-order valence-corrected chi connectivity index (χ3v) is 3.51. The molecule has 0 spiro atoms. The molecule has 5 heteroatoms. The van der Waals surface area contributed by atoms with Crippen molar-refractivity contribution < 1.29 is 14.1 Å². The van der Waals surface area contributed by atoms with Crippen molar-refractivity contribution in [3.05, 3.63) is 0 Å². The highest BCUT2D eigenvalue weighted by Crippen LogP contribution is 2.02. The number of aliphatic carboxylic acids is 1. The molecule has 1 unspecified atom stereocenters. The van der Waals surface area contributed by atoms with Gasteiger partial charge in [0.2, 0.25) is 0 Å². The van der Waals surface area contributed by atoms with Crippen LogP contribution in [0, 0.1) is 0 Å². The summed E-state index contributed by atoms with van der Waals surface area (Å²) in [5.74, 6) is 0.703. The van der Waals surface area contributed by atoms with Gasteiger partial charge in [0.15, 0.2) is 0 Å². The Balaban J connectivity index is 2.25. The van der Waals surface area contributed by atoms with Gasteiger partial charge in [-0.15, -0.1) is 0 Å². The van der Waals surface area contributed by atoms with Gasteiger partial charge in [-0.2, -0.15) is 0 Å². The first-order chi connectivity index (χ1) is 6.18. The molecule has 1 N–H and O–H groups in total. The molecule has 1 heterocycles. The largest absolute Gasteiger partial charge is 0.481 e. The summed E-state index contributed by atoms with van der Waals surface area (Å²) in [6, 6.07) is 0. The monoisotopic (exact) mass is 205 g/mol. The minimum atomic E-state index is -0.759. The lowest BCUT2D eigenvalue weighted by Gasteiger charge is -2.17. The van der Waals surface area contributed by atoms with Crippen molar-refractivity contribution in [3.63, 3.8) is 0 Å². The lowest BCUT2D eigenvalue weighted by atomic mass is 10.3. The second-order valence-corrected chi connectivity index (χ2v) is 4.88. The average Bonchev–Trinajstić information content (AvgIpc) is 2.27. The number of carboxylic acid groups (broad SMARTS) is 1. The van der Waals surface area contributed by atoms with Crippen LogP contribution >= 0.6 is 0 Å². The summed E-state index contributed by atoms with van der Waals surface area (Å²) in [4.78, 5) is 12.4. The SMILES string of the molecule is O=C(O)CCN1CCCS(=O)CC1. The average molecular weight is 205 g/mol. The highest BCUT2D eigenvalue weighted by Gasteiger charge is 2.13. The van der Waals surface area contributed by atoms with E-state index in [4.69, 9.17) is 5.11 Å². The van der Waals surface area contributed by atoms with Crippen LogP contribution in [0.2, 0.25) is 0 Å². The van der Waals surface area contributed by atoms with E-state index in [1.54, 1.807) is 0 Å². The molecule has 1 atom stereocenters. The van der Waals surface area contributed by atoms with Gasteiger partial charge in [0, 0.05) is 35.4 Å². The summed E-state index contributed by atoms with van der Waals surface area (Å²) < 4.78 is 11.1. The van der Waals surface area contributed by atoms with Gasteiger partial charge in [-0.1, -0.05) is 0 Å². The van der Waals surface area contributed by atoms with Gasteiger partial charge in [0.25, 0.3) is 0 Å². The lowest BCUT2D eigenvalue weighted by Crippen LogP contribution is -2.28. The molecule has 0 bridgehead atoms. The minimum Gasteiger partial charge on any atom is -0.481 e. The Morgan fingerprint density at radius 1 is 1.38 bits per heavy atom. The van der Waals surface area contributed by atoms with Crippen molar-refractivity contribution in [3.8, 4) is 0 Å². The number of hydrogen-bond acceptors (Lipinski definition) is 3. The Hall–Kier alpha value is -0.420. The van der Waals surface area contributed by atoms with Crippen LogP contribution in [0.1, 0.15) is 12.8 Å². The molecule has 1 rings (SSSR count). The minimum absolute atomic E-state index is 0.187. The third kappa shape index (κ3) is 4.38. The maximum absolute atomic E-state index is 11.1. The van der Waals surface area contributed by atoms with Crippen molar-refractivity contribution in [2.45, 2.75) is 12.8 Å². The second-order valence-electron chi connectivity index (χ2n) is 3.19. The van der Waals surface area contributed by atoms with E-state index in [0.29, 0.717) is 12.3 Å². The number of carbonyl (C=O) groups is 1. The number of nitrogens with zero attached hydrogens (tertiary/aromatic N) is 1. The third-order valence-electron chi connectivity index (χ3n) is 2.12. The van der Waals surface area contributed by atoms with Gasteiger partial charge in [-0.25, -0.2) is 0 Å². The predicted molar refractivity (Wildman–Crippen MR) is 51.2 cm³/mol. The van der Waals surface area contributed by atoms with E-state index >= 15 is 0 Å². The first kappa shape index (κ1) is 10.7. The summed E-state index contributed by atoms with van der Waals surface area (Å²) in [5.41, 5.74) is 0. The first-order valence-corrected chi connectivity index (χ1v) is 5.96. The van der Waals surface area contributed by atoms with Crippen LogP contribution in [0.15, 0.2) is 0 Å². The first-order valence-electron chi connectivity index (χ1n) is 4.47.